The molecule has 0 bridgehead atoms. The van der Waals surface area contributed by atoms with Crippen LogP contribution in [0.2, 0.25) is 0 Å². The van der Waals surface area contributed by atoms with E-state index in [1.54, 1.807) is 30.3 Å². The summed E-state index contributed by atoms with van der Waals surface area (Å²) in [5.74, 6) is -0.393. The van der Waals surface area contributed by atoms with Crippen LogP contribution in [-0.2, 0) is 6.42 Å². The SMILES string of the molecule is C/C(C=C1C(=O)c2ccccc2C1=O)=C\C=C(/C)N1c2ccccc2Cc2ccccc21. The molecule has 0 aromatic heterocycles. The van der Waals surface area contributed by atoms with Crippen molar-refractivity contribution in [2.24, 2.45) is 0 Å². The fourth-order valence-corrected chi connectivity index (χ4v) is 4.48. The first kappa shape index (κ1) is 20.0. The van der Waals surface area contributed by atoms with Crippen molar-refractivity contribution in [2.75, 3.05) is 4.90 Å². The molecule has 1 aliphatic heterocycles. The zero-order valence-corrected chi connectivity index (χ0v) is 18.1. The van der Waals surface area contributed by atoms with Gasteiger partial charge in [-0.15, -0.1) is 0 Å². The number of ketones is 2. The van der Waals surface area contributed by atoms with Crippen molar-refractivity contribution in [3.63, 3.8) is 0 Å². The number of anilines is 2. The summed E-state index contributed by atoms with van der Waals surface area (Å²) in [4.78, 5) is 27.6. The first-order chi connectivity index (χ1) is 15.5. The molecule has 0 N–H and O–H groups in total. The van der Waals surface area contributed by atoms with E-state index < -0.39 is 0 Å². The Morgan fingerprint density at radius 1 is 0.719 bits per heavy atom. The Kier molecular flexibility index (Phi) is 4.95. The second kappa shape index (κ2) is 7.93. The number of para-hydroxylation sites is 2. The molecule has 3 nitrogen and oxygen atoms in total. The predicted octanol–water partition coefficient (Wildman–Crippen LogP) is 6.58. The maximum atomic E-state index is 12.7. The molecule has 1 aliphatic carbocycles. The molecule has 0 saturated heterocycles. The lowest BCUT2D eigenvalue weighted by molar-refractivity contribution is 0.0988. The Morgan fingerprint density at radius 3 is 1.78 bits per heavy atom. The van der Waals surface area contributed by atoms with E-state index >= 15 is 0 Å². The highest BCUT2D eigenvalue weighted by molar-refractivity contribution is 6.39. The molecule has 2 aliphatic rings. The second-order valence-electron chi connectivity index (χ2n) is 8.25. The Morgan fingerprint density at radius 2 is 1.22 bits per heavy atom. The van der Waals surface area contributed by atoms with E-state index in [1.807, 2.05) is 19.1 Å². The van der Waals surface area contributed by atoms with E-state index in [4.69, 9.17) is 0 Å². The third-order valence-electron chi connectivity index (χ3n) is 6.06. The van der Waals surface area contributed by atoms with Crippen molar-refractivity contribution in [1.29, 1.82) is 0 Å². The van der Waals surface area contributed by atoms with E-state index in [-0.39, 0.29) is 17.1 Å². The number of rotatable bonds is 3. The van der Waals surface area contributed by atoms with Crippen molar-refractivity contribution >= 4 is 22.9 Å². The Balaban J connectivity index is 1.49. The zero-order valence-electron chi connectivity index (χ0n) is 18.1. The average Bonchev–Trinajstić information content (AvgIpc) is 3.06. The van der Waals surface area contributed by atoms with Crippen LogP contribution in [0.5, 0.6) is 0 Å². The minimum Gasteiger partial charge on any atom is -0.314 e. The number of hydrogen-bond donors (Lipinski definition) is 0. The lowest BCUT2D eigenvalue weighted by atomic mass is 9.95. The van der Waals surface area contributed by atoms with Gasteiger partial charge in [0.05, 0.1) is 5.57 Å². The van der Waals surface area contributed by atoms with Gasteiger partial charge >= 0.3 is 0 Å². The van der Waals surface area contributed by atoms with Gasteiger partial charge < -0.3 is 4.90 Å². The molecule has 0 radical (unpaired) electrons. The van der Waals surface area contributed by atoms with Gasteiger partial charge in [0, 0.05) is 34.6 Å². The Hall–Kier alpha value is -3.98. The molecule has 0 saturated carbocycles. The van der Waals surface area contributed by atoms with E-state index in [1.165, 1.54) is 22.5 Å². The number of allylic oxidation sites excluding steroid dienone is 6. The largest absolute Gasteiger partial charge is 0.314 e. The smallest absolute Gasteiger partial charge is 0.197 e. The molecular weight excluding hydrogens is 394 g/mol. The van der Waals surface area contributed by atoms with Gasteiger partial charge in [-0.2, -0.15) is 0 Å². The van der Waals surface area contributed by atoms with E-state index in [9.17, 15) is 9.59 Å². The van der Waals surface area contributed by atoms with Crippen LogP contribution in [0.1, 0.15) is 45.7 Å². The standard InChI is InChI=1S/C29H23NO2/c1-19(17-25-28(31)23-11-5-6-12-24(23)29(25)32)15-16-20(2)30-26-13-7-3-9-21(26)18-22-10-4-8-14-27(22)30/h3-17H,18H2,1-2H3/b19-15+,20-16+. The van der Waals surface area contributed by atoms with Gasteiger partial charge in [0.25, 0.3) is 0 Å². The average molecular weight is 418 g/mol. The van der Waals surface area contributed by atoms with Crippen molar-refractivity contribution < 1.29 is 9.59 Å². The van der Waals surface area contributed by atoms with E-state index in [2.05, 4.69) is 60.4 Å². The summed E-state index contributed by atoms with van der Waals surface area (Å²) in [5, 5.41) is 0. The highest BCUT2D eigenvalue weighted by Gasteiger charge is 2.32. The first-order valence-corrected chi connectivity index (χ1v) is 10.8. The molecule has 156 valence electrons. The molecule has 3 heteroatoms. The highest BCUT2D eigenvalue weighted by atomic mass is 16.2. The van der Waals surface area contributed by atoms with Gasteiger partial charge in [-0.05, 0) is 49.3 Å². The Bertz CT molecular complexity index is 1270. The number of Topliss-reactive ketones (excluding diaryl/α,β-unsaturated/α-hetero) is 2. The number of fused-ring (bicyclic) bond motifs is 3. The molecule has 5 rings (SSSR count). The lowest BCUT2D eigenvalue weighted by Gasteiger charge is -2.33. The van der Waals surface area contributed by atoms with Gasteiger partial charge in [0.1, 0.15) is 0 Å². The maximum absolute atomic E-state index is 12.7. The summed E-state index contributed by atoms with van der Waals surface area (Å²) >= 11 is 0. The predicted molar refractivity (Wildman–Crippen MR) is 129 cm³/mol. The summed E-state index contributed by atoms with van der Waals surface area (Å²) in [6.07, 6.45) is 6.63. The normalized spacial score (nSPS) is 15.4. The van der Waals surface area contributed by atoms with Crippen molar-refractivity contribution in [1.82, 2.24) is 0 Å². The van der Waals surface area contributed by atoms with Crippen LogP contribution >= 0.6 is 0 Å². The third kappa shape index (κ3) is 3.32. The van der Waals surface area contributed by atoms with Crippen LogP contribution in [0.3, 0.4) is 0 Å². The van der Waals surface area contributed by atoms with Crippen molar-refractivity contribution in [3.8, 4) is 0 Å². The molecule has 1 heterocycles. The molecule has 0 unspecified atom stereocenters. The van der Waals surface area contributed by atoms with Gasteiger partial charge in [-0.3, -0.25) is 9.59 Å². The van der Waals surface area contributed by atoms with Crippen LogP contribution in [0.25, 0.3) is 0 Å². The second-order valence-corrected chi connectivity index (χ2v) is 8.25. The zero-order chi connectivity index (χ0) is 22.2. The minimum absolute atomic E-state index is 0.196. The summed E-state index contributed by atoms with van der Waals surface area (Å²) in [6, 6.07) is 23.9. The monoisotopic (exact) mass is 417 g/mol. The minimum atomic E-state index is -0.196. The fourth-order valence-electron chi connectivity index (χ4n) is 4.48. The fraction of sp³-hybridized carbons (Fsp3) is 0.103. The summed E-state index contributed by atoms with van der Waals surface area (Å²) < 4.78 is 0. The third-order valence-corrected chi connectivity index (χ3v) is 6.06. The molecule has 0 fully saturated rings. The molecule has 32 heavy (non-hydrogen) atoms. The van der Waals surface area contributed by atoms with Crippen LogP contribution in [0.15, 0.2) is 108 Å². The molecule has 3 aromatic rings. The number of carbonyl (C=O) groups excluding carboxylic acids is 2. The van der Waals surface area contributed by atoms with E-state index in [0.29, 0.717) is 11.1 Å². The molecule has 0 amide bonds. The van der Waals surface area contributed by atoms with Gasteiger partial charge in [-0.25, -0.2) is 0 Å². The highest BCUT2D eigenvalue weighted by Crippen LogP contribution is 2.40. The lowest BCUT2D eigenvalue weighted by Crippen LogP contribution is -2.21. The van der Waals surface area contributed by atoms with Crippen LogP contribution in [-0.4, -0.2) is 11.6 Å². The van der Waals surface area contributed by atoms with Gasteiger partial charge in [0.2, 0.25) is 0 Å². The van der Waals surface area contributed by atoms with Gasteiger partial charge in [-0.1, -0.05) is 72.3 Å². The number of hydrogen-bond acceptors (Lipinski definition) is 3. The van der Waals surface area contributed by atoms with Crippen LogP contribution < -0.4 is 4.90 Å². The first-order valence-electron chi connectivity index (χ1n) is 10.8. The maximum Gasteiger partial charge on any atom is 0.197 e. The quantitative estimate of drug-likeness (QED) is 0.274. The number of nitrogens with zero attached hydrogens (tertiary/aromatic N) is 1. The van der Waals surface area contributed by atoms with Crippen molar-refractivity contribution in [3.05, 3.63) is 130 Å². The summed E-state index contributed by atoms with van der Waals surface area (Å²) in [5.41, 5.74) is 8.08. The van der Waals surface area contributed by atoms with Crippen LogP contribution in [0.4, 0.5) is 11.4 Å². The molecule has 3 aromatic carbocycles. The number of benzene rings is 3. The molecular formula is C29H23NO2. The van der Waals surface area contributed by atoms with E-state index in [0.717, 1.165) is 17.7 Å². The van der Waals surface area contributed by atoms with Crippen molar-refractivity contribution in [2.45, 2.75) is 20.3 Å². The number of carbonyl (C=O) groups is 2. The topological polar surface area (TPSA) is 37.4 Å². The summed E-state index contributed by atoms with van der Waals surface area (Å²) in [6.45, 7) is 4.00. The van der Waals surface area contributed by atoms with Gasteiger partial charge in [0.15, 0.2) is 11.6 Å². The van der Waals surface area contributed by atoms with Crippen LogP contribution in [0, 0.1) is 0 Å². The Labute approximate surface area is 188 Å². The molecule has 0 spiro atoms. The molecule has 0 atom stereocenters. The summed E-state index contributed by atoms with van der Waals surface area (Å²) in [7, 11) is 0.